The van der Waals surface area contributed by atoms with Crippen molar-refractivity contribution in [2.45, 2.75) is 25.0 Å². The first-order chi connectivity index (χ1) is 12.1. The highest BCUT2D eigenvalue weighted by molar-refractivity contribution is 5.74. The predicted molar refractivity (Wildman–Crippen MR) is 89.6 cm³/mol. The van der Waals surface area contributed by atoms with Crippen molar-refractivity contribution in [3.8, 4) is 0 Å². The number of aliphatic hydroxyl groups is 1. The maximum absolute atomic E-state index is 11.9. The lowest BCUT2D eigenvalue weighted by atomic mass is 10.1. The van der Waals surface area contributed by atoms with E-state index < -0.39 is 18.3 Å². The van der Waals surface area contributed by atoms with Crippen LogP contribution in [0.25, 0.3) is 0 Å². The van der Waals surface area contributed by atoms with Crippen LogP contribution in [0.2, 0.25) is 0 Å². The van der Waals surface area contributed by atoms with E-state index in [4.69, 9.17) is 4.74 Å². The zero-order valence-corrected chi connectivity index (χ0v) is 14.6. The Kier molecular flexibility index (Phi) is 7.03. The molecule has 2 amide bonds. The number of β-amino-alcohol motifs (C(OH)–C–C–N with tert-alkyl or cyclic N) is 1. The molecule has 2 rings (SSSR count). The number of aliphatic hydroxyl groups excluding tert-OH is 1. The normalized spacial score (nSPS) is 20.3. The van der Waals surface area contributed by atoms with Crippen LogP contribution in [-0.2, 0) is 15.9 Å². The van der Waals surface area contributed by atoms with Gasteiger partial charge in [-0.25, -0.2) is 19.6 Å². The van der Waals surface area contributed by atoms with Crippen molar-refractivity contribution in [1.82, 2.24) is 10.0 Å². The van der Waals surface area contributed by atoms with Crippen LogP contribution in [0.5, 0.6) is 0 Å². The molecule has 8 nitrogen and oxygen atoms in total. The molecule has 1 aromatic rings. The van der Waals surface area contributed by atoms with Crippen LogP contribution >= 0.6 is 0 Å². The van der Waals surface area contributed by atoms with Crippen molar-refractivity contribution in [2.24, 2.45) is 0 Å². The van der Waals surface area contributed by atoms with Gasteiger partial charge in [0.25, 0.3) is 0 Å². The van der Waals surface area contributed by atoms with E-state index in [0.717, 1.165) is 24.4 Å². The average molecular weight is 352 g/mol. The number of aryl methyl sites for hydroxylation is 1. The fourth-order valence-corrected chi connectivity index (χ4v) is 2.90. The topological polar surface area (TPSA) is 95.9 Å². The molecule has 0 saturated carbocycles. The third kappa shape index (κ3) is 5.07. The Morgan fingerprint density at radius 3 is 2.32 bits per heavy atom. The smallest absolute Gasteiger partial charge is 0.428 e. The third-order valence-electron chi connectivity index (χ3n) is 4.28. The predicted octanol–water partition coefficient (Wildman–Crippen LogP) is -0.0225. The molecule has 1 fully saturated rings. The Bertz CT molecular complexity index is 569. The van der Waals surface area contributed by atoms with E-state index in [-0.39, 0.29) is 19.1 Å². The number of amides is 2. The van der Waals surface area contributed by atoms with Gasteiger partial charge < -0.3 is 19.9 Å². The summed E-state index contributed by atoms with van der Waals surface area (Å²) in [5, 5.41) is 14.6. The fraction of sp³-hybridized carbons (Fsp3) is 0.529. The molecule has 8 heteroatoms. The largest absolute Gasteiger partial charge is 0.452 e. The van der Waals surface area contributed by atoms with Crippen molar-refractivity contribution >= 4 is 12.2 Å². The molecule has 1 saturated heterocycles. The number of ether oxygens (including phenoxy) is 2. The zero-order chi connectivity index (χ0) is 18.2. The first-order valence-electron chi connectivity index (χ1n) is 8.33. The summed E-state index contributed by atoms with van der Waals surface area (Å²) in [6.45, 7) is 0.972. The van der Waals surface area contributed by atoms with Gasteiger partial charge in [-0.1, -0.05) is 30.3 Å². The van der Waals surface area contributed by atoms with Gasteiger partial charge in [-0.05, 0) is 12.0 Å². The van der Waals surface area contributed by atoms with Gasteiger partial charge in [0.15, 0.2) is 0 Å². The van der Waals surface area contributed by atoms with Gasteiger partial charge in [-0.15, -0.1) is 0 Å². The van der Waals surface area contributed by atoms with Crippen LogP contribution in [0.4, 0.5) is 9.59 Å². The second-order valence-corrected chi connectivity index (χ2v) is 5.95. The maximum atomic E-state index is 11.9. The summed E-state index contributed by atoms with van der Waals surface area (Å²) in [4.78, 5) is 23.7. The van der Waals surface area contributed by atoms with Crippen LogP contribution < -0.4 is 5.32 Å². The number of carbonyl (C=O) groups is 2. The summed E-state index contributed by atoms with van der Waals surface area (Å²) in [7, 11) is 2.48. The van der Waals surface area contributed by atoms with Gasteiger partial charge in [-0.3, -0.25) is 0 Å². The molecule has 0 unspecified atom stereocenters. The molecule has 1 aliphatic heterocycles. The third-order valence-corrected chi connectivity index (χ3v) is 4.28. The number of benzene rings is 1. The molecule has 0 aliphatic carbocycles. The minimum absolute atomic E-state index is 0.0123. The van der Waals surface area contributed by atoms with Gasteiger partial charge in [0.1, 0.15) is 18.7 Å². The van der Waals surface area contributed by atoms with E-state index in [1.807, 2.05) is 23.5 Å². The number of rotatable bonds is 5. The maximum Gasteiger partial charge on any atom is 0.428 e. The molecule has 1 aliphatic rings. The Hall–Kier alpha value is -2.32. The van der Waals surface area contributed by atoms with Gasteiger partial charge in [0.2, 0.25) is 0 Å². The van der Waals surface area contributed by atoms with E-state index >= 15 is 0 Å². The molecule has 0 bridgehead atoms. The molecule has 138 valence electrons. The van der Waals surface area contributed by atoms with Gasteiger partial charge in [0.05, 0.1) is 27.3 Å². The van der Waals surface area contributed by atoms with E-state index in [2.05, 4.69) is 16.9 Å². The van der Waals surface area contributed by atoms with Crippen molar-refractivity contribution in [3.05, 3.63) is 35.9 Å². The Morgan fingerprint density at radius 1 is 1.12 bits per heavy atom. The number of hydrogen-bond acceptors (Lipinski definition) is 5. The standard InChI is InChI=1S/C17H25N3O5/c1-24-16(22)19-11-14(15(21)12-20(19)17(23)25-2)18-10-6-9-13-7-4-3-5-8-13/h3-5,7-8,14-15,18,21H,6,9-12H2,1-2H3/p+1/t14-,15-/m1/s1. The highest BCUT2D eigenvalue weighted by atomic mass is 16.6. The minimum atomic E-state index is -0.753. The molecule has 0 spiro atoms. The summed E-state index contributed by atoms with van der Waals surface area (Å²) in [6.07, 6.45) is -0.204. The SMILES string of the molecule is COC(=O)N1C[C@@H](O)[C@H]([NH2+]CCCc2ccccc2)CN1C(=O)OC. The number of nitrogens with two attached hydrogens (primary N) is 1. The van der Waals surface area contributed by atoms with Crippen molar-refractivity contribution in [3.63, 3.8) is 0 Å². The zero-order valence-electron chi connectivity index (χ0n) is 14.6. The van der Waals surface area contributed by atoms with Crippen LogP contribution in [-0.4, -0.2) is 73.3 Å². The molecular weight excluding hydrogens is 326 g/mol. The lowest BCUT2D eigenvalue weighted by Gasteiger charge is -2.40. The van der Waals surface area contributed by atoms with Crippen LogP contribution in [0.1, 0.15) is 12.0 Å². The second kappa shape index (κ2) is 9.24. The van der Waals surface area contributed by atoms with E-state index in [0.29, 0.717) is 0 Å². The number of hydrogen-bond donors (Lipinski definition) is 2. The Labute approximate surface area is 147 Å². The van der Waals surface area contributed by atoms with Gasteiger partial charge >= 0.3 is 12.2 Å². The van der Waals surface area contributed by atoms with Crippen molar-refractivity contribution < 1.29 is 29.5 Å². The number of methoxy groups -OCH3 is 2. The van der Waals surface area contributed by atoms with Crippen LogP contribution in [0.3, 0.4) is 0 Å². The fourth-order valence-electron chi connectivity index (χ4n) is 2.90. The molecule has 1 heterocycles. The monoisotopic (exact) mass is 352 g/mol. The van der Waals surface area contributed by atoms with E-state index in [1.165, 1.54) is 24.8 Å². The van der Waals surface area contributed by atoms with E-state index in [1.54, 1.807) is 0 Å². The summed E-state index contributed by atoms with van der Waals surface area (Å²) in [6, 6.07) is 9.96. The van der Waals surface area contributed by atoms with Crippen molar-refractivity contribution in [2.75, 3.05) is 33.9 Å². The first-order valence-corrected chi connectivity index (χ1v) is 8.33. The Morgan fingerprint density at radius 2 is 1.72 bits per heavy atom. The summed E-state index contributed by atoms with van der Waals surface area (Å²) in [5.74, 6) is 0. The summed E-state index contributed by atoms with van der Waals surface area (Å²) < 4.78 is 9.39. The highest BCUT2D eigenvalue weighted by Crippen LogP contribution is 2.13. The number of carbonyl (C=O) groups excluding carboxylic acids is 2. The molecular formula is C17H26N3O5+. The quantitative estimate of drug-likeness (QED) is 0.726. The second-order valence-electron chi connectivity index (χ2n) is 5.95. The van der Waals surface area contributed by atoms with Gasteiger partial charge in [0, 0.05) is 6.42 Å². The first kappa shape index (κ1) is 19.0. The lowest BCUT2D eigenvalue weighted by Crippen LogP contribution is -2.96. The average Bonchev–Trinajstić information content (AvgIpc) is 2.65. The molecule has 2 atom stereocenters. The van der Waals surface area contributed by atoms with Gasteiger partial charge in [-0.2, -0.15) is 0 Å². The molecule has 0 radical (unpaired) electrons. The molecule has 1 aromatic carbocycles. The number of quaternary nitrogens is 1. The number of nitrogens with zero attached hydrogens (tertiary/aromatic N) is 2. The number of hydrazine groups is 1. The van der Waals surface area contributed by atoms with E-state index in [9.17, 15) is 14.7 Å². The van der Waals surface area contributed by atoms with Crippen LogP contribution in [0, 0.1) is 0 Å². The highest BCUT2D eigenvalue weighted by Gasteiger charge is 2.41. The lowest BCUT2D eigenvalue weighted by molar-refractivity contribution is -0.699. The summed E-state index contributed by atoms with van der Waals surface area (Å²) in [5.41, 5.74) is 1.27. The minimum Gasteiger partial charge on any atom is -0.452 e. The summed E-state index contributed by atoms with van der Waals surface area (Å²) >= 11 is 0. The van der Waals surface area contributed by atoms with Crippen molar-refractivity contribution in [1.29, 1.82) is 0 Å². The molecule has 25 heavy (non-hydrogen) atoms. The molecule has 0 aromatic heterocycles. The molecule has 3 N–H and O–H groups in total. The Balaban J connectivity index is 1.88. The van der Waals surface area contributed by atoms with Crippen LogP contribution in [0.15, 0.2) is 30.3 Å².